The molecular weight excluding hydrogens is 404 g/mol. The summed E-state index contributed by atoms with van der Waals surface area (Å²) in [5.41, 5.74) is 4.10. The molecule has 2 aromatic rings. The molecule has 0 saturated heterocycles. The van der Waals surface area contributed by atoms with E-state index in [0.717, 1.165) is 17.5 Å². The Kier molecular flexibility index (Phi) is 8.58. The molecule has 0 aliphatic carbocycles. The molecule has 0 unspecified atom stereocenters. The number of hydrogen-bond donors (Lipinski definition) is 1. The first-order valence-corrected chi connectivity index (χ1v) is 10.8. The molecule has 1 N–H and O–H groups in total. The fourth-order valence-electron chi connectivity index (χ4n) is 2.80. The Labute approximate surface area is 191 Å². The van der Waals surface area contributed by atoms with Crippen LogP contribution >= 0.6 is 0 Å². The second-order valence-electron chi connectivity index (χ2n) is 9.32. The van der Waals surface area contributed by atoms with Gasteiger partial charge in [0.15, 0.2) is 5.60 Å². The first-order chi connectivity index (χ1) is 14.9. The highest BCUT2D eigenvalue weighted by atomic mass is 16.6. The molecule has 1 amide bonds. The molecule has 0 aliphatic rings. The molecule has 2 aromatic carbocycles. The maximum absolute atomic E-state index is 12.3. The van der Waals surface area contributed by atoms with Crippen LogP contribution in [-0.2, 0) is 20.7 Å². The average molecular weight is 439 g/mol. The Bertz CT molecular complexity index is 924. The van der Waals surface area contributed by atoms with Crippen molar-refractivity contribution in [1.82, 2.24) is 5.43 Å². The number of nitrogens with one attached hydrogen (secondary N) is 1. The minimum Gasteiger partial charge on any atom is -0.476 e. The van der Waals surface area contributed by atoms with E-state index in [1.54, 1.807) is 20.1 Å². The van der Waals surface area contributed by atoms with Gasteiger partial charge in [0.1, 0.15) is 11.4 Å². The van der Waals surface area contributed by atoms with Crippen LogP contribution in [0.3, 0.4) is 0 Å². The Morgan fingerprint density at radius 2 is 1.59 bits per heavy atom. The summed E-state index contributed by atoms with van der Waals surface area (Å²) in [4.78, 5) is 24.3. The predicted octanol–water partition coefficient (Wildman–Crippen LogP) is 4.97. The minimum absolute atomic E-state index is 0.118. The van der Waals surface area contributed by atoms with Gasteiger partial charge in [0.05, 0.1) is 6.21 Å². The summed E-state index contributed by atoms with van der Waals surface area (Å²) < 4.78 is 11.3. The van der Waals surface area contributed by atoms with Crippen LogP contribution in [0.15, 0.2) is 53.6 Å². The van der Waals surface area contributed by atoms with Crippen molar-refractivity contribution in [1.29, 1.82) is 0 Å². The van der Waals surface area contributed by atoms with E-state index >= 15 is 0 Å². The summed E-state index contributed by atoms with van der Waals surface area (Å²) in [6.07, 6.45) is 3.48. The monoisotopic (exact) mass is 438 g/mol. The molecule has 0 spiro atoms. The quantitative estimate of drug-likeness (QED) is 0.341. The number of benzene rings is 2. The van der Waals surface area contributed by atoms with Gasteiger partial charge in [0, 0.05) is 6.42 Å². The zero-order valence-electron chi connectivity index (χ0n) is 19.9. The topological polar surface area (TPSA) is 77.0 Å². The van der Waals surface area contributed by atoms with Crippen molar-refractivity contribution in [3.63, 3.8) is 0 Å². The maximum atomic E-state index is 12.3. The molecule has 0 heterocycles. The fraction of sp³-hybridized carbons (Fsp3) is 0.423. The van der Waals surface area contributed by atoms with Gasteiger partial charge in [0.25, 0.3) is 0 Å². The van der Waals surface area contributed by atoms with Crippen LogP contribution < -0.4 is 10.2 Å². The molecule has 0 bridgehead atoms. The third-order valence-electron chi connectivity index (χ3n) is 4.54. The first-order valence-electron chi connectivity index (χ1n) is 10.8. The van der Waals surface area contributed by atoms with Gasteiger partial charge in [-0.25, -0.2) is 10.2 Å². The highest BCUT2D eigenvalue weighted by Gasteiger charge is 2.34. The molecule has 6 nitrogen and oxygen atoms in total. The lowest BCUT2D eigenvalue weighted by atomic mass is 10.1. The van der Waals surface area contributed by atoms with Gasteiger partial charge in [-0.2, -0.15) is 5.10 Å². The number of rotatable bonds is 9. The lowest BCUT2D eigenvalue weighted by Gasteiger charge is -2.29. The summed E-state index contributed by atoms with van der Waals surface area (Å²) >= 11 is 0. The Hall–Kier alpha value is -3.15. The summed E-state index contributed by atoms with van der Waals surface area (Å²) in [5, 5.41) is 4.00. The predicted molar refractivity (Wildman–Crippen MR) is 127 cm³/mol. The van der Waals surface area contributed by atoms with Crippen molar-refractivity contribution in [3.05, 3.63) is 65.2 Å². The van der Waals surface area contributed by atoms with Crippen molar-refractivity contribution in [2.75, 3.05) is 0 Å². The van der Waals surface area contributed by atoms with E-state index in [9.17, 15) is 9.59 Å². The second-order valence-corrected chi connectivity index (χ2v) is 9.32. The van der Waals surface area contributed by atoms with Gasteiger partial charge in [-0.3, -0.25) is 4.79 Å². The Balaban J connectivity index is 1.76. The van der Waals surface area contributed by atoms with E-state index in [-0.39, 0.29) is 5.91 Å². The first kappa shape index (κ1) is 25.1. The lowest BCUT2D eigenvalue weighted by molar-refractivity contribution is -0.170. The van der Waals surface area contributed by atoms with Crippen LogP contribution in [0.25, 0.3) is 0 Å². The largest absolute Gasteiger partial charge is 0.476 e. The fourth-order valence-corrected chi connectivity index (χ4v) is 2.80. The lowest BCUT2D eigenvalue weighted by Crippen LogP contribution is -2.43. The third kappa shape index (κ3) is 8.92. The third-order valence-corrected chi connectivity index (χ3v) is 4.54. The standard InChI is InChI=1S/C26H34N2O4/c1-19-10-12-21(13-11-19)18-27-28-23(29)9-7-8-20-14-16-22(17-15-20)31-26(5,6)24(30)32-25(2,3)4/h10-18H,7-9H2,1-6H3,(H,28,29)/b27-18+. The zero-order valence-corrected chi connectivity index (χ0v) is 19.9. The van der Waals surface area contributed by atoms with Gasteiger partial charge in [-0.05, 0) is 77.6 Å². The van der Waals surface area contributed by atoms with Gasteiger partial charge in [-0.1, -0.05) is 42.0 Å². The minimum atomic E-state index is -1.09. The molecule has 0 radical (unpaired) electrons. The van der Waals surface area contributed by atoms with Crippen molar-refractivity contribution in [2.45, 2.75) is 72.0 Å². The Morgan fingerprint density at radius 3 is 2.19 bits per heavy atom. The Morgan fingerprint density at radius 1 is 0.969 bits per heavy atom. The second kappa shape index (κ2) is 10.9. The number of hydrogen-bond acceptors (Lipinski definition) is 5. The highest BCUT2D eigenvalue weighted by Crippen LogP contribution is 2.22. The van der Waals surface area contributed by atoms with Gasteiger partial charge >= 0.3 is 5.97 Å². The highest BCUT2D eigenvalue weighted by molar-refractivity contribution is 5.82. The summed E-state index contributed by atoms with van der Waals surface area (Å²) in [6, 6.07) is 15.4. The molecule has 6 heteroatoms. The SMILES string of the molecule is Cc1ccc(/C=N/NC(=O)CCCc2ccc(OC(C)(C)C(=O)OC(C)(C)C)cc2)cc1. The van der Waals surface area contributed by atoms with E-state index in [1.165, 1.54) is 5.56 Å². The van der Waals surface area contributed by atoms with E-state index < -0.39 is 17.2 Å². The van der Waals surface area contributed by atoms with E-state index in [2.05, 4.69) is 10.5 Å². The number of carbonyl (C=O) groups excluding carboxylic acids is 2. The van der Waals surface area contributed by atoms with Crippen LogP contribution in [0.1, 0.15) is 64.2 Å². The molecule has 0 saturated carbocycles. The smallest absolute Gasteiger partial charge is 0.350 e. The molecule has 32 heavy (non-hydrogen) atoms. The van der Waals surface area contributed by atoms with Crippen LogP contribution in [0, 0.1) is 6.92 Å². The van der Waals surface area contributed by atoms with Crippen molar-refractivity contribution in [3.8, 4) is 5.75 Å². The van der Waals surface area contributed by atoms with Crippen molar-refractivity contribution >= 4 is 18.1 Å². The molecular formula is C26H34N2O4. The number of ether oxygens (including phenoxy) is 2. The number of hydrazone groups is 1. The van der Waals surface area contributed by atoms with Crippen molar-refractivity contribution < 1.29 is 19.1 Å². The van der Waals surface area contributed by atoms with E-state index in [0.29, 0.717) is 18.6 Å². The van der Waals surface area contributed by atoms with Gasteiger partial charge in [0.2, 0.25) is 5.91 Å². The molecule has 0 atom stereocenters. The van der Waals surface area contributed by atoms with Crippen molar-refractivity contribution in [2.24, 2.45) is 5.10 Å². The molecule has 0 aliphatic heterocycles. The van der Waals surface area contributed by atoms with Gasteiger partial charge < -0.3 is 9.47 Å². The van der Waals surface area contributed by atoms with Crippen LogP contribution in [0.5, 0.6) is 5.75 Å². The summed E-state index contributed by atoms with van der Waals surface area (Å²) in [5.74, 6) is 0.0605. The van der Waals surface area contributed by atoms with E-state index in [1.807, 2.05) is 76.2 Å². The van der Waals surface area contributed by atoms with Crippen LogP contribution in [0.4, 0.5) is 0 Å². The number of esters is 1. The normalized spacial score (nSPS) is 11.9. The summed E-state index contributed by atoms with van der Waals surface area (Å²) in [6.45, 7) is 10.9. The molecule has 2 rings (SSSR count). The van der Waals surface area contributed by atoms with Crippen LogP contribution in [0.2, 0.25) is 0 Å². The van der Waals surface area contributed by atoms with Gasteiger partial charge in [-0.15, -0.1) is 0 Å². The number of carbonyl (C=O) groups is 2. The molecule has 0 aromatic heterocycles. The zero-order chi connectivity index (χ0) is 23.8. The number of amides is 1. The summed E-state index contributed by atoms with van der Waals surface area (Å²) in [7, 11) is 0. The maximum Gasteiger partial charge on any atom is 0.350 e. The number of nitrogens with zero attached hydrogens (tertiary/aromatic N) is 1. The number of aryl methyl sites for hydroxylation is 2. The van der Waals surface area contributed by atoms with Crippen LogP contribution in [-0.4, -0.2) is 29.3 Å². The molecule has 172 valence electrons. The average Bonchev–Trinajstić information content (AvgIpc) is 2.69. The molecule has 0 fully saturated rings. The van der Waals surface area contributed by atoms with E-state index in [4.69, 9.17) is 9.47 Å².